The van der Waals surface area contributed by atoms with Gasteiger partial charge in [-0.25, -0.2) is 4.98 Å². The molecule has 0 unspecified atom stereocenters. The standard InChI is InChI=1S/C49H33N3/c1-3-14-34(15-4-1)40-31-44(36-16-5-2-6-17-36)50-49(33-40)52-45-23-10-7-18-39(45)32-48(52)37-28-26-35(27-29-37)38-19-13-20-41(30-38)51-46-24-11-8-21-42(46)43-22-9-12-25-47(43)51/h1-33H. The van der Waals surface area contributed by atoms with E-state index < -0.39 is 0 Å². The Hall–Kier alpha value is -6.97. The van der Waals surface area contributed by atoms with E-state index in [9.17, 15) is 0 Å². The van der Waals surface area contributed by atoms with Crippen LogP contribution in [0, 0.1) is 0 Å². The second-order valence-electron chi connectivity index (χ2n) is 13.3. The van der Waals surface area contributed by atoms with Crippen LogP contribution in [0.5, 0.6) is 0 Å². The summed E-state index contributed by atoms with van der Waals surface area (Å²) in [6.07, 6.45) is 0. The van der Waals surface area contributed by atoms with Gasteiger partial charge in [-0.2, -0.15) is 0 Å². The number of nitrogens with zero attached hydrogens (tertiary/aromatic N) is 3. The van der Waals surface area contributed by atoms with E-state index in [4.69, 9.17) is 4.98 Å². The number of aromatic nitrogens is 3. The smallest absolute Gasteiger partial charge is 0.138 e. The fourth-order valence-corrected chi connectivity index (χ4v) is 7.66. The Kier molecular flexibility index (Phi) is 7.14. The van der Waals surface area contributed by atoms with Gasteiger partial charge in [-0.15, -0.1) is 0 Å². The third-order valence-corrected chi connectivity index (χ3v) is 10.1. The molecule has 0 amide bonds. The van der Waals surface area contributed by atoms with Crippen LogP contribution in [0.4, 0.5) is 0 Å². The summed E-state index contributed by atoms with van der Waals surface area (Å²) in [4.78, 5) is 5.31. The van der Waals surface area contributed by atoms with Crippen molar-refractivity contribution in [2.45, 2.75) is 0 Å². The van der Waals surface area contributed by atoms with Crippen LogP contribution >= 0.6 is 0 Å². The summed E-state index contributed by atoms with van der Waals surface area (Å²) in [5.74, 6) is 0.888. The zero-order valence-corrected chi connectivity index (χ0v) is 28.4. The molecule has 0 aliphatic carbocycles. The van der Waals surface area contributed by atoms with Crippen molar-refractivity contribution >= 4 is 32.7 Å². The lowest BCUT2D eigenvalue weighted by atomic mass is 10.0. The molecule has 0 saturated heterocycles. The molecular weight excluding hydrogens is 631 g/mol. The molecule has 0 saturated carbocycles. The van der Waals surface area contributed by atoms with Gasteiger partial charge >= 0.3 is 0 Å². The largest absolute Gasteiger partial charge is 0.309 e. The SMILES string of the molecule is c1ccc(-c2cc(-c3ccccc3)nc(-n3c(-c4ccc(-c5cccc(-n6c7ccccc7c7ccccc76)c5)cc4)cc4ccccc43)c2)cc1. The highest BCUT2D eigenvalue weighted by atomic mass is 15.1. The molecule has 0 aliphatic heterocycles. The molecule has 0 radical (unpaired) electrons. The van der Waals surface area contributed by atoms with Gasteiger partial charge in [0.2, 0.25) is 0 Å². The molecular formula is C49H33N3. The molecule has 3 heterocycles. The first-order valence-electron chi connectivity index (χ1n) is 17.7. The van der Waals surface area contributed by atoms with Gasteiger partial charge in [0.25, 0.3) is 0 Å². The van der Waals surface area contributed by atoms with Gasteiger partial charge in [-0.3, -0.25) is 4.57 Å². The van der Waals surface area contributed by atoms with Crippen LogP contribution in [0.15, 0.2) is 200 Å². The number of para-hydroxylation sites is 3. The minimum atomic E-state index is 0.888. The first-order chi connectivity index (χ1) is 25.8. The van der Waals surface area contributed by atoms with E-state index in [0.717, 1.165) is 50.7 Å². The van der Waals surface area contributed by atoms with E-state index in [1.807, 2.05) is 6.07 Å². The number of rotatable bonds is 6. The monoisotopic (exact) mass is 663 g/mol. The first-order valence-corrected chi connectivity index (χ1v) is 17.7. The van der Waals surface area contributed by atoms with Crippen LogP contribution < -0.4 is 0 Å². The predicted molar refractivity (Wildman–Crippen MR) is 217 cm³/mol. The van der Waals surface area contributed by atoms with Gasteiger partial charge in [-0.05, 0) is 76.3 Å². The van der Waals surface area contributed by atoms with Crippen molar-refractivity contribution in [1.82, 2.24) is 14.1 Å². The average Bonchev–Trinajstić information content (AvgIpc) is 3.78. The molecule has 0 fully saturated rings. The summed E-state index contributed by atoms with van der Waals surface area (Å²) in [6.45, 7) is 0. The Labute approximate surface area is 302 Å². The fourth-order valence-electron chi connectivity index (χ4n) is 7.66. The second-order valence-corrected chi connectivity index (χ2v) is 13.3. The zero-order valence-electron chi connectivity index (χ0n) is 28.4. The highest BCUT2D eigenvalue weighted by Crippen LogP contribution is 2.37. The lowest BCUT2D eigenvalue weighted by molar-refractivity contribution is 1.05. The number of hydrogen-bond donors (Lipinski definition) is 0. The molecule has 0 atom stereocenters. The maximum atomic E-state index is 5.31. The molecule has 3 heteroatoms. The van der Waals surface area contributed by atoms with Crippen LogP contribution in [-0.4, -0.2) is 14.1 Å². The Morgan fingerprint density at radius 1 is 0.327 bits per heavy atom. The summed E-state index contributed by atoms with van der Waals surface area (Å²) in [7, 11) is 0. The van der Waals surface area contributed by atoms with E-state index in [2.05, 4.69) is 203 Å². The van der Waals surface area contributed by atoms with Crippen molar-refractivity contribution < 1.29 is 0 Å². The molecule has 0 N–H and O–H groups in total. The third kappa shape index (κ3) is 5.10. The zero-order chi connectivity index (χ0) is 34.4. The van der Waals surface area contributed by atoms with E-state index >= 15 is 0 Å². The molecule has 52 heavy (non-hydrogen) atoms. The second kappa shape index (κ2) is 12.4. The Bertz CT molecular complexity index is 2770. The van der Waals surface area contributed by atoms with Crippen molar-refractivity contribution in [3.63, 3.8) is 0 Å². The summed E-state index contributed by atoms with van der Waals surface area (Å²) < 4.78 is 4.69. The van der Waals surface area contributed by atoms with E-state index in [-0.39, 0.29) is 0 Å². The molecule has 244 valence electrons. The number of pyridine rings is 1. The van der Waals surface area contributed by atoms with Gasteiger partial charge in [0, 0.05) is 27.4 Å². The molecule has 10 aromatic rings. The van der Waals surface area contributed by atoms with Gasteiger partial charge in [0.1, 0.15) is 5.82 Å². The average molecular weight is 664 g/mol. The Morgan fingerprint density at radius 2 is 0.885 bits per heavy atom. The molecule has 10 rings (SSSR count). The molecule has 0 aliphatic rings. The molecule has 7 aromatic carbocycles. The summed E-state index contributed by atoms with van der Waals surface area (Å²) in [5, 5.41) is 3.71. The summed E-state index contributed by atoms with van der Waals surface area (Å²) in [5.41, 5.74) is 13.6. The van der Waals surface area contributed by atoms with Gasteiger partial charge in [0.15, 0.2) is 0 Å². The summed E-state index contributed by atoms with van der Waals surface area (Å²) in [6, 6.07) is 71.5. The van der Waals surface area contributed by atoms with Crippen LogP contribution in [0.2, 0.25) is 0 Å². The van der Waals surface area contributed by atoms with Crippen molar-refractivity contribution in [2.75, 3.05) is 0 Å². The molecule has 3 nitrogen and oxygen atoms in total. The highest BCUT2D eigenvalue weighted by Gasteiger charge is 2.17. The minimum Gasteiger partial charge on any atom is -0.309 e. The fraction of sp³-hybridized carbons (Fsp3) is 0. The maximum absolute atomic E-state index is 5.31. The topological polar surface area (TPSA) is 22.8 Å². The van der Waals surface area contributed by atoms with Crippen LogP contribution in [0.25, 0.3) is 89.0 Å². The van der Waals surface area contributed by atoms with Crippen molar-refractivity contribution in [2.24, 2.45) is 0 Å². The van der Waals surface area contributed by atoms with Crippen molar-refractivity contribution in [1.29, 1.82) is 0 Å². The van der Waals surface area contributed by atoms with Gasteiger partial charge < -0.3 is 4.57 Å². The number of fused-ring (bicyclic) bond motifs is 4. The van der Waals surface area contributed by atoms with E-state index in [1.165, 1.54) is 38.3 Å². The minimum absolute atomic E-state index is 0.888. The summed E-state index contributed by atoms with van der Waals surface area (Å²) >= 11 is 0. The molecule has 0 spiro atoms. The van der Waals surface area contributed by atoms with Crippen LogP contribution in [-0.2, 0) is 0 Å². The van der Waals surface area contributed by atoms with E-state index in [0.29, 0.717) is 0 Å². The number of hydrogen-bond acceptors (Lipinski definition) is 1. The van der Waals surface area contributed by atoms with Crippen molar-refractivity contribution in [3.8, 4) is 56.3 Å². The van der Waals surface area contributed by atoms with Gasteiger partial charge in [0.05, 0.1) is 27.9 Å². The first kappa shape index (κ1) is 29.9. The van der Waals surface area contributed by atoms with Gasteiger partial charge in [-0.1, -0.05) is 152 Å². The van der Waals surface area contributed by atoms with Crippen LogP contribution in [0.3, 0.4) is 0 Å². The lowest BCUT2D eigenvalue weighted by Gasteiger charge is -2.15. The predicted octanol–water partition coefficient (Wildman–Crippen LogP) is 12.8. The van der Waals surface area contributed by atoms with Crippen LogP contribution in [0.1, 0.15) is 0 Å². The quantitative estimate of drug-likeness (QED) is 0.174. The van der Waals surface area contributed by atoms with Crippen molar-refractivity contribution in [3.05, 3.63) is 200 Å². The Morgan fingerprint density at radius 3 is 1.60 bits per heavy atom. The highest BCUT2D eigenvalue weighted by molar-refractivity contribution is 6.09. The third-order valence-electron chi connectivity index (χ3n) is 10.1. The van der Waals surface area contributed by atoms with E-state index in [1.54, 1.807) is 0 Å². The maximum Gasteiger partial charge on any atom is 0.138 e. The number of benzene rings is 7. The molecule has 0 bridgehead atoms. The molecule has 3 aromatic heterocycles. The Balaban J connectivity index is 1.09. The normalized spacial score (nSPS) is 11.5. The lowest BCUT2D eigenvalue weighted by Crippen LogP contribution is -2.02.